The Balaban J connectivity index is 2.16. The van der Waals surface area contributed by atoms with E-state index in [9.17, 15) is 0 Å². The zero-order valence-electron chi connectivity index (χ0n) is 12.7. The van der Waals surface area contributed by atoms with Gasteiger partial charge in [0.2, 0.25) is 0 Å². The van der Waals surface area contributed by atoms with Gasteiger partial charge in [-0.25, -0.2) is 0 Å². The maximum Gasteiger partial charge on any atom is 0.0762 e. The summed E-state index contributed by atoms with van der Waals surface area (Å²) in [5.41, 5.74) is 1.11. The Morgan fingerprint density at radius 3 is 2.74 bits per heavy atom. The molecule has 0 fully saturated rings. The highest BCUT2D eigenvalue weighted by Gasteiger charge is 2.07. The molecule has 19 heavy (non-hydrogen) atoms. The molecule has 1 aromatic heterocycles. The Kier molecular flexibility index (Phi) is 8.50. The van der Waals surface area contributed by atoms with Gasteiger partial charge in [-0.15, -0.1) is 0 Å². The molecule has 4 nitrogen and oxygen atoms in total. The van der Waals surface area contributed by atoms with Crippen LogP contribution in [0, 0.1) is 0 Å². The predicted molar refractivity (Wildman–Crippen MR) is 79.3 cm³/mol. The molecule has 110 valence electrons. The van der Waals surface area contributed by atoms with Gasteiger partial charge in [0.15, 0.2) is 0 Å². The van der Waals surface area contributed by atoms with E-state index in [2.05, 4.69) is 48.1 Å². The smallest absolute Gasteiger partial charge is 0.0762 e. The molecule has 0 amide bonds. The first-order valence-corrected chi connectivity index (χ1v) is 7.64. The molecule has 0 radical (unpaired) electrons. The molecule has 0 saturated heterocycles. The van der Waals surface area contributed by atoms with Crippen LogP contribution < -0.4 is 5.32 Å². The van der Waals surface area contributed by atoms with E-state index in [-0.39, 0.29) is 0 Å². The van der Waals surface area contributed by atoms with Crippen molar-refractivity contribution in [3.8, 4) is 0 Å². The van der Waals surface area contributed by atoms with Gasteiger partial charge in [0, 0.05) is 25.9 Å². The zero-order chi connectivity index (χ0) is 13.9. The molecule has 0 bridgehead atoms. The minimum absolute atomic E-state index is 0.533. The third-order valence-electron chi connectivity index (χ3n) is 3.35. The summed E-state index contributed by atoms with van der Waals surface area (Å²) in [5.74, 6) is 0. The first-order valence-electron chi connectivity index (χ1n) is 7.64. The zero-order valence-corrected chi connectivity index (χ0v) is 12.7. The average Bonchev–Trinajstić information content (AvgIpc) is 2.88. The molecule has 1 aromatic rings. The van der Waals surface area contributed by atoms with Crippen LogP contribution in [0.15, 0.2) is 12.3 Å². The molecular weight excluding hydrogens is 238 g/mol. The van der Waals surface area contributed by atoms with Gasteiger partial charge < -0.3 is 10.1 Å². The normalized spacial score (nSPS) is 11.4. The molecule has 4 heteroatoms. The summed E-state index contributed by atoms with van der Waals surface area (Å²) < 4.78 is 7.59. The van der Waals surface area contributed by atoms with Crippen molar-refractivity contribution in [3.63, 3.8) is 0 Å². The Bertz CT molecular complexity index is 321. The van der Waals surface area contributed by atoms with E-state index in [0.29, 0.717) is 6.04 Å². The molecule has 0 aliphatic heterocycles. The largest absolute Gasteiger partial charge is 0.380 e. The van der Waals surface area contributed by atoms with Gasteiger partial charge in [0.05, 0.1) is 18.3 Å². The van der Waals surface area contributed by atoms with Crippen molar-refractivity contribution < 1.29 is 4.74 Å². The first kappa shape index (κ1) is 16.2. The lowest BCUT2D eigenvalue weighted by molar-refractivity contribution is 0.133. The van der Waals surface area contributed by atoms with E-state index in [4.69, 9.17) is 4.74 Å². The third kappa shape index (κ3) is 6.21. The summed E-state index contributed by atoms with van der Waals surface area (Å²) in [6.45, 7) is 9.97. The number of rotatable bonds is 11. The summed E-state index contributed by atoms with van der Waals surface area (Å²) in [7, 11) is 0. The van der Waals surface area contributed by atoms with Crippen LogP contribution in [0.3, 0.4) is 0 Å². The van der Waals surface area contributed by atoms with Gasteiger partial charge in [-0.05, 0) is 25.3 Å². The molecule has 1 rings (SSSR count). The summed E-state index contributed by atoms with van der Waals surface area (Å²) in [6, 6.07) is 2.63. The minimum atomic E-state index is 0.533. The average molecular weight is 267 g/mol. The van der Waals surface area contributed by atoms with Crippen LogP contribution in [0.4, 0.5) is 0 Å². The number of hydrogen-bond acceptors (Lipinski definition) is 3. The first-order chi connectivity index (χ1) is 9.31. The SMILES string of the molecule is CCCCOCCNCc1ccn(C(CC)CC)n1. The van der Waals surface area contributed by atoms with Gasteiger partial charge in [-0.1, -0.05) is 27.2 Å². The van der Waals surface area contributed by atoms with Crippen molar-refractivity contribution in [2.75, 3.05) is 19.8 Å². The molecule has 0 unspecified atom stereocenters. The summed E-state index contributed by atoms with van der Waals surface area (Å²) in [4.78, 5) is 0. The molecule has 1 N–H and O–H groups in total. The molecule has 0 atom stereocenters. The fourth-order valence-corrected chi connectivity index (χ4v) is 2.05. The van der Waals surface area contributed by atoms with Crippen molar-refractivity contribution >= 4 is 0 Å². The van der Waals surface area contributed by atoms with Crippen LogP contribution in [-0.4, -0.2) is 29.5 Å². The summed E-state index contributed by atoms with van der Waals surface area (Å²) >= 11 is 0. The second-order valence-corrected chi connectivity index (χ2v) is 4.90. The van der Waals surface area contributed by atoms with Crippen LogP contribution in [0.25, 0.3) is 0 Å². The molecule has 0 aliphatic carbocycles. The van der Waals surface area contributed by atoms with Crippen LogP contribution in [0.1, 0.15) is 58.2 Å². The molecule has 1 heterocycles. The van der Waals surface area contributed by atoms with Gasteiger partial charge >= 0.3 is 0 Å². The molecule has 0 spiro atoms. The van der Waals surface area contributed by atoms with Crippen LogP contribution in [0.5, 0.6) is 0 Å². The van der Waals surface area contributed by atoms with Gasteiger partial charge in [0.1, 0.15) is 0 Å². The van der Waals surface area contributed by atoms with Crippen LogP contribution in [-0.2, 0) is 11.3 Å². The van der Waals surface area contributed by atoms with E-state index in [1.807, 2.05) is 0 Å². The highest BCUT2D eigenvalue weighted by Crippen LogP contribution is 2.14. The standard InChI is InChI=1S/C15H29N3O/c1-4-7-11-19-12-9-16-13-14-8-10-18(17-14)15(5-2)6-3/h8,10,15-16H,4-7,9,11-13H2,1-3H3. The van der Waals surface area contributed by atoms with E-state index in [0.717, 1.165) is 51.3 Å². The van der Waals surface area contributed by atoms with E-state index in [1.54, 1.807) is 0 Å². The Morgan fingerprint density at radius 1 is 1.26 bits per heavy atom. The maximum absolute atomic E-state index is 5.50. The molecule has 0 aliphatic rings. The van der Waals surface area contributed by atoms with E-state index in [1.165, 1.54) is 6.42 Å². The molecule has 0 saturated carbocycles. The number of aromatic nitrogens is 2. The Morgan fingerprint density at radius 2 is 2.05 bits per heavy atom. The molecule has 0 aromatic carbocycles. The number of hydrogen-bond donors (Lipinski definition) is 1. The van der Waals surface area contributed by atoms with E-state index < -0.39 is 0 Å². The van der Waals surface area contributed by atoms with Crippen molar-refractivity contribution in [1.29, 1.82) is 0 Å². The number of ether oxygens (including phenoxy) is 1. The summed E-state index contributed by atoms with van der Waals surface area (Å²) in [5, 5.41) is 7.98. The fourth-order valence-electron chi connectivity index (χ4n) is 2.05. The highest BCUT2D eigenvalue weighted by atomic mass is 16.5. The number of nitrogens with zero attached hydrogens (tertiary/aromatic N) is 2. The van der Waals surface area contributed by atoms with Crippen LogP contribution in [0.2, 0.25) is 0 Å². The highest BCUT2D eigenvalue weighted by molar-refractivity contribution is 4.99. The van der Waals surface area contributed by atoms with Crippen molar-refractivity contribution in [3.05, 3.63) is 18.0 Å². The maximum atomic E-state index is 5.50. The van der Waals surface area contributed by atoms with Gasteiger partial charge in [0.25, 0.3) is 0 Å². The number of unbranched alkanes of at least 4 members (excludes halogenated alkanes) is 1. The summed E-state index contributed by atoms with van der Waals surface area (Å²) in [6.07, 6.45) is 6.71. The number of nitrogens with one attached hydrogen (secondary N) is 1. The Labute approximate surface area is 117 Å². The third-order valence-corrected chi connectivity index (χ3v) is 3.35. The molecular formula is C15H29N3O. The Hall–Kier alpha value is -0.870. The lowest BCUT2D eigenvalue weighted by atomic mass is 10.2. The van der Waals surface area contributed by atoms with Crippen molar-refractivity contribution in [2.45, 2.75) is 59.0 Å². The fraction of sp³-hybridized carbons (Fsp3) is 0.800. The predicted octanol–water partition coefficient (Wildman–Crippen LogP) is 3.15. The lowest BCUT2D eigenvalue weighted by Gasteiger charge is -2.12. The van der Waals surface area contributed by atoms with Gasteiger partial charge in [-0.2, -0.15) is 5.10 Å². The second kappa shape index (κ2) is 9.98. The topological polar surface area (TPSA) is 39.1 Å². The van der Waals surface area contributed by atoms with E-state index >= 15 is 0 Å². The monoisotopic (exact) mass is 267 g/mol. The van der Waals surface area contributed by atoms with Gasteiger partial charge in [-0.3, -0.25) is 4.68 Å². The van der Waals surface area contributed by atoms with Crippen molar-refractivity contribution in [2.24, 2.45) is 0 Å². The van der Waals surface area contributed by atoms with Crippen LogP contribution >= 0.6 is 0 Å². The minimum Gasteiger partial charge on any atom is -0.380 e. The lowest BCUT2D eigenvalue weighted by Crippen LogP contribution is -2.20. The quantitative estimate of drug-likeness (QED) is 0.626. The van der Waals surface area contributed by atoms with Crippen molar-refractivity contribution in [1.82, 2.24) is 15.1 Å². The second-order valence-electron chi connectivity index (χ2n) is 4.90.